The van der Waals surface area contributed by atoms with E-state index in [0.717, 1.165) is 23.5 Å². The third-order valence-corrected chi connectivity index (χ3v) is 3.71. The molecule has 0 radical (unpaired) electrons. The molecule has 4 nitrogen and oxygen atoms in total. The molecule has 112 valence electrons. The van der Waals surface area contributed by atoms with E-state index < -0.39 is 5.82 Å². The highest BCUT2D eigenvalue weighted by Crippen LogP contribution is 2.23. The third kappa shape index (κ3) is 3.40. The van der Waals surface area contributed by atoms with Gasteiger partial charge in [-0.25, -0.2) is 8.76 Å². The lowest BCUT2D eigenvalue weighted by Crippen LogP contribution is -2.04. The summed E-state index contributed by atoms with van der Waals surface area (Å²) in [5.41, 5.74) is 7.28. The number of hydrogen-bond donors (Lipinski definition) is 1. The Morgan fingerprint density at radius 1 is 1.32 bits per heavy atom. The van der Waals surface area contributed by atoms with Crippen LogP contribution in [0, 0.1) is 5.82 Å². The SMILES string of the molecule is Nc1ccc(O/C2=C/C(c3cnsc3)=N\C=C/CC2)cc1F. The first-order chi connectivity index (χ1) is 10.7. The maximum atomic E-state index is 13.5. The van der Waals surface area contributed by atoms with E-state index in [1.165, 1.54) is 23.7 Å². The first-order valence-electron chi connectivity index (χ1n) is 6.78. The van der Waals surface area contributed by atoms with E-state index in [9.17, 15) is 4.39 Å². The van der Waals surface area contributed by atoms with Gasteiger partial charge in [-0.05, 0) is 30.1 Å². The van der Waals surface area contributed by atoms with Crippen molar-refractivity contribution in [1.29, 1.82) is 0 Å². The molecule has 0 aliphatic carbocycles. The molecule has 0 amide bonds. The molecule has 0 atom stereocenters. The highest BCUT2D eigenvalue weighted by atomic mass is 32.1. The Balaban J connectivity index is 1.88. The second kappa shape index (κ2) is 6.53. The molecule has 1 aliphatic heterocycles. The maximum absolute atomic E-state index is 13.5. The standard InChI is InChI=1S/C16H14FN3OS/c17-14-7-13(4-5-15(14)18)21-12-3-1-2-6-19-16(8-12)11-9-20-22-10-11/h2,4-10H,1,3,18H2/b6-2-,12-8+,19-16+. The summed E-state index contributed by atoms with van der Waals surface area (Å²) in [6, 6.07) is 4.43. The van der Waals surface area contributed by atoms with Crippen molar-refractivity contribution < 1.29 is 9.13 Å². The minimum absolute atomic E-state index is 0.105. The first kappa shape index (κ1) is 14.5. The third-order valence-electron chi connectivity index (χ3n) is 3.12. The van der Waals surface area contributed by atoms with E-state index in [1.807, 2.05) is 17.5 Å². The van der Waals surface area contributed by atoms with Crippen molar-refractivity contribution in [3.63, 3.8) is 0 Å². The molecule has 2 N–H and O–H groups in total. The van der Waals surface area contributed by atoms with Crippen LogP contribution in [0.25, 0.3) is 0 Å². The van der Waals surface area contributed by atoms with Gasteiger partial charge in [-0.3, -0.25) is 4.99 Å². The topological polar surface area (TPSA) is 60.5 Å². The summed E-state index contributed by atoms with van der Waals surface area (Å²) in [5, 5.41) is 1.92. The zero-order valence-electron chi connectivity index (χ0n) is 11.7. The number of nitrogen functional groups attached to an aromatic ring is 1. The minimum Gasteiger partial charge on any atom is -0.462 e. The van der Waals surface area contributed by atoms with Gasteiger partial charge in [-0.2, -0.15) is 0 Å². The predicted molar refractivity (Wildman–Crippen MR) is 86.5 cm³/mol. The van der Waals surface area contributed by atoms with E-state index >= 15 is 0 Å². The second-order valence-corrected chi connectivity index (χ2v) is 5.40. The summed E-state index contributed by atoms with van der Waals surface area (Å²) in [6.07, 6.45) is 8.89. The number of hydrogen-bond acceptors (Lipinski definition) is 5. The molecule has 22 heavy (non-hydrogen) atoms. The van der Waals surface area contributed by atoms with Gasteiger partial charge in [0.2, 0.25) is 0 Å². The molecule has 0 unspecified atom stereocenters. The van der Waals surface area contributed by atoms with Crippen LogP contribution >= 0.6 is 11.5 Å². The predicted octanol–water partition coefficient (Wildman–Crippen LogP) is 3.92. The first-order valence-corrected chi connectivity index (χ1v) is 7.62. The molecule has 3 rings (SSSR count). The average Bonchev–Trinajstić information content (AvgIpc) is 2.99. The van der Waals surface area contributed by atoms with Gasteiger partial charge in [0, 0.05) is 35.7 Å². The van der Waals surface area contributed by atoms with Gasteiger partial charge < -0.3 is 10.5 Å². The van der Waals surface area contributed by atoms with Crippen LogP contribution in [0.1, 0.15) is 18.4 Å². The number of aromatic nitrogens is 1. The quantitative estimate of drug-likeness (QED) is 0.873. The smallest absolute Gasteiger partial charge is 0.149 e. The second-order valence-electron chi connectivity index (χ2n) is 4.75. The van der Waals surface area contributed by atoms with Gasteiger partial charge in [0.05, 0.1) is 17.6 Å². The van der Waals surface area contributed by atoms with Crippen molar-refractivity contribution in [3.8, 4) is 5.75 Å². The summed E-state index contributed by atoms with van der Waals surface area (Å²) in [4.78, 5) is 4.40. The fourth-order valence-electron chi connectivity index (χ4n) is 1.99. The maximum Gasteiger partial charge on any atom is 0.149 e. The Hall–Kier alpha value is -2.47. The number of nitrogens with two attached hydrogens (primary N) is 1. The minimum atomic E-state index is -0.486. The van der Waals surface area contributed by atoms with Crippen molar-refractivity contribution in [3.05, 3.63) is 65.3 Å². The van der Waals surface area contributed by atoms with E-state index in [-0.39, 0.29) is 5.69 Å². The fourth-order valence-corrected chi connectivity index (χ4v) is 2.52. The molecule has 1 aliphatic rings. The zero-order chi connectivity index (χ0) is 15.4. The van der Waals surface area contributed by atoms with Crippen molar-refractivity contribution in [2.24, 2.45) is 4.99 Å². The van der Waals surface area contributed by atoms with Crippen LogP contribution in [0.4, 0.5) is 10.1 Å². The number of allylic oxidation sites excluding steroid dienone is 3. The van der Waals surface area contributed by atoms with Crippen LogP contribution in [-0.2, 0) is 0 Å². The number of nitrogens with zero attached hydrogens (tertiary/aromatic N) is 2. The molecule has 0 saturated heterocycles. The Kier molecular flexibility index (Phi) is 4.29. The van der Waals surface area contributed by atoms with Gasteiger partial charge in [0.15, 0.2) is 0 Å². The molecule has 2 aromatic rings. The molecule has 0 bridgehead atoms. The molecule has 1 aromatic carbocycles. The lowest BCUT2D eigenvalue weighted by atomic mass is 10.1. The van der Waals surface area contributed by atoms with E-state index in [2.05, 4.69) is 9.37 Å². The van der Waals surface area contributed by atoms with Gasteiger partial charge in [-0.1, -0.05) is 6.08 Å². The van der Waals surface area contributed by atoms with Crippen LogP contribution in [0.3, 0.4) is 0 Å². The van der Waals surface area contributed by atoms with Crippen molar-refractivity contribution in [2.45, 2.75) is 12.8 Å². The summed E-state index contributed by atoms with van der Waals surface area (Å²) in [5.74, 6) is 0.656. The molecule has 0 spiro atoms. The molecule has 1 aromatic heterocycles. The van der Waals surface area contributed by atoms with E-state index in [4.69, 9.17) is 10.5 Å². The average molecular weight is 315 g/mol. The largest absolute Gasteiger partial charge is 0.462 e. The van der Waals surface area contributed by atoms with Crippen molar-refractivity contribution in [1.82, 2.24) is 4.37 Å². The Morgan fingerprint density at radius 3 is 3.00 bits per heavy atom. The molecule has 6 heteroatoms. The van der Waals surface area contributed by atoms with E-state index in [1.54, 1.807) is 18.5 Å². The van der Waals surface area contributed by atoms with Gasteiger partial charge in [0.25, 0.3) is 0 Å². The summed E-state index contributed by atoms with van der Waals surface area (Å²) in [7, 11) is 0. The highest BCUT2D eigenvalue weighted by Gasteiger charge is 2.09. The lowest BCUT2D eigenvalue weighted by Gasteiger charge is -2.12. The lowest BCUT2D eigenvalue weighted by molar-refractivity contribution is 0.402. The Bertz CT molecular complexity index is 751. The summed E-state index contributed by atoms with van der Waals surface area (Å²) < 4.78 is 23.4. The monoisotopic (exact) mass is 315 g/mol. The molecular weight excluding hydrogens is 301 g/mol. The number of aliphatic imine (C=N–C) groups is 1. The summed E-state index contributed by atoms with van der Waals surface area (Å²) in [6.45, 7) is 0. The number of benzene rings is 1. The molecule has 2 heterocycles. The molecule has 0 fully saturated rings. The summed E-state index contributed by atoms with van der Waals surface area (Å²) >= 11 is 1.37. The van der Waals surface area contributed by atoms with Crippen molar-refractivity contribution >= 4 is 22.9 Å². The van der Waals surface area contributed by atoms with Gasteiger partial charge in [0.1, 0.15) is 17.3 Å². The number of rotatable bonds is 3. The van der Waals surface area contributed by atoms with Crippen LogP contribution in [0.5, 0.6) is 5.75 Å². The number of anilines is 1. The Labute approximate surface area is 131 Å². The normalized spacial score (nSPS) is 21.0. The van der Waals surface area contributed by atoms with E-state index in [0.29, 0.717) is 12.2 Å². The molecular formula is C16H14FN3OS. The van der Waals surface area contributed by atoms with Crippen LogP contribution in [-0.4, -0.2) is 10.1 Å². The van der Waals surface area contributed by atoms with Gasteiger partial charge >= 0.3 is 0 Å². The van der Waals surface area contributed by atoms with Crippen LogP contribution in [0.2, 0.25) is 0 Å². The van der Waals surface area contributed by atoms with Crippen molar-refractivity contribution in [2.75, 3.05) is 5.73 Å². The zero-order valence-corrected chi connectivity index (χ0v) is 12.5. The fraction of sp³-hybridized carbons (Fsp3) is 0.125. The van der Waals surface area contributed by atoms with Gasteiger partial charge in [-0.15, -0.1) is 0 Å². The Morgan fingerprint density at radius 2 is 2.23 bits per heavy atom. The van der Waals surface area contributed by atoms with Crippen LogP contribution in [0.15, 0.2) is 58.9 Å². The van der Waals surface area contributed by atoms with Crippen LogP contribution < -0.4 is 10.5 Å². The molecule has 0 saturated carbocycles. The number of ether oxygens (including phenoxy) is 1. The highest BCUT2D eigenvalue weighted by molar-refractivity contribution is 7.03. The number of halogens is 1.